The molecule has 0 bridgehead atoms. The largest absolute Gasteiger partial charge is 0.395 e. The number of carbonyl (C=O) groups excluding carboxylic acids is 1. The van der Waals surface area contributed by atoms with Gasteiger partial charge in [0.1, 0.15) is 4.70 Å². The number of rotatable bonds is 6. The Labute approximate surface area is 158 Å². The van der Waals surface area contributed by atoms with E-state index in [1.807, 2.05) is 37.4 Å². The minimum absolute atomic E-state index is 0.126. The fourth-order valence-electron chi connectivity index (χ4n) is 2.60. The van der Waals surface area contributed by atoms with Gasteiger partial charge in [-0.05, 0) is 36.9 Å². The predicted molar refractivity (Wildman–Crippen MR) is 106 cm³/mol. The van der Waals surface area contributed by atoms with Crippen molar-refractivity contribution >= 4 is 44.9 Å². The van der Waals surface area contributed by atoms with Gasteiger partial charge in [-0.25, -0.2) is 4.98 Å². The summed E-state index contributed by atoms with van der Waals surface area (Å²) in [6.45, 7) is 3.93. The molecule has 1 amide bonds. The summed E-state index contributed by atoms with van der Waals surface area (Å²) in [5, 5.41) is 14.4. The van der Waals surface area contributed by atoms with Crippen LogP contribution >= 0.6 is 23.1 Å². The number of aliphatic hydroxyl groups is 1. The van der Waals surface area contributed by atoms with Gasteiger partial charge >= 0.3 is 0 Å². The molecule has 26 heavy (non-hydrogen) atoms. The summed E-state index contributed by atoms with van der Waals surface area (Å²) in [6, 6.07) is 7.61. The average molecular weight is 390 g/mol. The molecule has 6 nitrogen and oxygen atoms in total. The summed E-state index contributed by atoms with van der Waals surface area (Å²) in [6.07, 6.45) is 0. The van der Waals surface area contributed by atoms with Crippen molar-refractivity contribution in [1.29, 1.82) is 0 Å². The van der Waals surface area contributed by atoms with Crippen LogP contribution in [0.5, 0.6) is 0 Å². The first-order valence-electron chi connectivity index (χ1n) is 8.08. The van der Waals surface area contributed by atoms with Gasteiger partial charge in [0.05, 0.1) is 24.4 Å². The van der Waals surface area contributed by atoms with Gasteiger partial charge < -0.3 is 10.4 Å². The maximum atomic E-state index is 12.5. The Kier molecular flexibility index (Phi) is 5.75. The van der Waals surface area contributed by atoms with Gasteiger partial charge in [0.25, 0.3) is 5.56 Å². The van der Waals surface area contributed by atoms with Gasteiger partial charge in [-0.3, -0.25) is 14.2 Å². The summed E-state index contributed by atoms with van der Waals surface area (Å²) in [7, 11) is 0. The Bertz CT molecular complexity index is 1010. The van der Waals surface area contributed by atoms with Crippen molar-refractivity contribution < 1.29 is 9.90 Å². The third kappa shape index (κ3) is 3.98. The Balaban J connectivity index is 1.77. The number of aromatic nitrogens is 2. The number of fused-ring (bicyclic) bond motifs is 1. The van der Waals surface area contributed by atoms with E-state index in [-0.39, 0.29) is 30.4 Å². The molecule has 0 radical (unpaired) electrons. The van der Waals surface area contributed by atoms with Crippen molar-refractivity contribution in [1.82, 2.24) is 9.55 Å². The Morgan fingerprint density at radius 2 is 2.15 bits per heavy atom. The molecular formula is C18H19N3O3S2. The number of thioether (sulfide) groups is 1. The number of nitrogens with one attached hydrogen (secondary N) is 1. The van der Waals surface area contributed by atoms with E-state index in [9.17, 15) is 14.7 Å². The maximum absolute atomic E-state index is 12.5. The van der Waals surface area contributed by atoms with E-state index in [4.69, 9.17) is 0 Å². The topological polar surface area (TPSA) is 84.2 Å². The second-order valence-electron chi connectivity index (χ2n) is 5.86. The van der Waals surface area contributed by atoms with Crippen molar-refractivity contribution in [3.63, 3.8) is 0 Å². The van der Waals surface area contributed by atoms with Crippen molar-refractivity contribution in [2.45, 2.75) is 25.5 Å². The number of aryl methyl sites for hydroxylation is 2. The minimum atomic E-state index is -0.184. The Morgan fingerprint density at radius 1 is 1.35 bits per heavy atom. The fraction of sp³-hybridized carbons (Fsp3) is 0.278. The van der Waals surface area contributed by atoms with Gasteiger partial charge in [0.2, 0.25) is 5.91 Å². The molecule has 0 fully saturated rings. The van der Waals surface area contributed by atoms with Crippen LogP contribution in [-0.2, 0) is 11.3 Å². The molecule has 0 atom stereocenters. The van der Waals surface area contributed by atoms with E-state index in [0.717, 1.165) is 16.8 Å². The summed E-state index contributed by atoms with van der Waals surface area (Å²) in [4.78, 5) is 29.3. The van der Waals surface area contributed by atoms with Gasteiger partial charge in [-0.2, -0.15) is 0 Å². The lowest BCUT2D eigenvalue weighted by atomic mass is 10.1. The quantitative estimate of drug-likeness (QED) is 0.500. The number of benzene rings is 1. The van der Waals surface area contributed by atoms with Crippen LogP contribution in [0.2, 0.25) is 0 Å². The van der Waals surface area contributed by atoms with Crippen LogP contribution in [0, 0.1) is 13.8 Å². The highest BCUT2D eigenvalue weighted by Gasteiger charge is 2.14. The molecule has 0 saturated heterocycles. The van der Waals surface area contributed by atoms with Crippen LogP contribution < -0.4 is 10.9 Å². The maximum Gasteiger partial charge on any atom is 0.272 e. The summed E-state index contributed by atoms with van der Waals surface area (Å²) in [5.41, 5.74) is 3.34. The van der Waals surface area contributed by atoms with Gasteiger partial charge in [0, 0.05) is 5.69 Å². The molecule has 2 N–H and O–H groups in total. The molecular weight excluding hydrogens is 370 g/mol. The third-order valence-electron chi connectivity index (χ3n) is 3.84. The molecule has 0 unspecified atom stereocenters. The fourth-order valence-corrected chi connectivity index (χ4v) is 4.20. The number of amides is 1. The number of hydrogen-bond donors (Lipinski definition) is 2. The van der Waals surface area contributed by atoms with Crippen molar-refractivity contribution in [3.8, 4) is 0 Å². The minimum Gasteiger partial charge on any atom is -0.395 e. The van der Waals surface area contributed by atoms with Gasteiger partial charge in [0.15, 0.2) is 5.16 Å². The lowest BCUT2D eigenvalue weighted by Gasteiger charge is -2.11. The first-order valence-corrected chi connectivity index (χ1v) is 9.95. The van der Waals surface area contributed by atoms with Gasteiger partial charge in [-0.1, -0.05) is 29.5 Å². The average Bonchev–Trinajstić information content (AvgIpc) is 3.07. The molecule has 0 spiro atoms. The van der Waals surface area contributed by atoms with Crippen molar-refractivity contribution in [2.75, 3.05) is 17.7 Å². The van der Waals surface area contributed by atoms with E-state index >= 15 is 0 Å². The molecule has 2 aromatic heterocycles. The molecule has 136 valence electrons. The van der Waals surface area contributed by atoms with E-state index in [0.29, 0.717) is 15.4 Å². The molecule has 2 heterocycles. The zero-order valence-electron chi connectivity index (χ0n) is 14.5. The predicted octanol–water partition coefficient (Wildman–Crippen LogP) is 2.80. The van der Waals surface area contributed by atoms with Crippen LogP contribution in [0.3, 0.4) is 0 Å². The van der Waals surface area contributed by atoms with E-state index in [2.05, 4.69) is 10.3 Å². The molecule has 0 aliphatic rings. The highest BCUT2D eigenvalue weighted by molar-refractivity contribution is 7.99. The molecule has 8 heteroatoms. The van der Waals surface area contributed by atoms with Crippen LogP contribution in [0.15, 0.2) is 39.6 Å². The molecule has 3 aromatic rings. The Morgan fingerprint density at radius 3 is 2.88 bits per heavy atom. The zero-order chi connectivity index (χ0) is 18.7. The number of thiophene rings is 1. The lowest BCUT2D eigenvalue weighted by molar-refractivity contribution is -0.113. The highest BCUT2D eigenvalue weighted by atomic mass is 32.2. The third-order valence-corrected chi connectivity index (χ3v) is 5.71. The van der Waals surface area contributed by atoms with Crippen LogP contribution in [0.4, 0.5) is 5.69 Å². The SMILES string of the molecule is Cc1ccc(NC(=O)CSc2nc3ccsc3c(=O)n2CCO)c(C)c1. The normalized spacial score (nSPS) is 11.0. The van der Waals surface area contributed by atoms with Crippen molar-refractivity contribution in [2.24, 2.45) is 0 Å². The first-order chi connectivity index (χ1) is 12.5. The number of nitrogens with zero attached hydrogens (tertiary/aromatic N) is 2. The summed E-state index contributed by atoms with van der Waals surface area (Å²) in [5.74, 6) is -0.0435. The van der Waals surface area contributed by atoms with Crippen LogP contribution in [-0.4, -0.2) is 32.9 Å². The second kappa shape index (κ2) is 8.03. The number of anilines is 1. The summed E-state index contributed by atoms with van der Waals surface area (Å²) >= 11 is 2.51. The van der Waals surface area contributed by atoms with Crippen LogP contribution in [0.1, 0.15) is 11.1 Å². The van der Waals surface area contributed by atoms with Gasteiger partial charge in [-0.15, -0.1) is 11.3 Å². The Hall–Kier alpha value is -2.16. The molecule has 1 aromatic carbocycles. The first kappa shape index (κ1) is 18.6. The van der Waals surface area contributed by atoms with E-state index in [1.54, 1.807) is 6.07 Å². The highest BCUT2D eigenvalue weighted by Crippen LogP contribution is 2.22. The molecule has 0 aliphatic heterocycles. The standard InChI is InChI=1S/C18H19N3O3S2/c1-11-3-4-13(12(2)9-11)19-15(23)10-26-18-20-14-5-8-25-16(14)17(24)21(18)6-7-22/h3-5,8-9,22H,6-7,10H2,1-2H3,(H,19,23). The molecule has 0 saturated carbocycles. The molecule has 0 aliphatic carbocycles. The number of carbonyl (C=O) groups is 1. The molecule has 3 rings (SSSR count). The summed E-state index contributed by atoms with van der Waals surface area (Å²) < 4.78 is 1.98. The lowest BCUT2D eigenvalue weighted by Crippen LogP contribution is -2.25. The smallest absolute Gasteiger partial charge is 0.272 e. The van der Waals surface area contributed by atoms with E-state index in [1.165, 1.54) is 27.7 Å². The van der Waals surface area contributed by atoms with E-state index < -0.39 is 0 Å². The monoisotopic (exact) mass is 389 g/mol. The number of aliphatic hydroxyl groups excluding tert-OH is 1. The number of hydrogen-bond acceptors (Lipinski definition) is 6. The second-order valence-corrected chi connectivity index (χ2v) is 7.72. The van der Waals surface area contributed by atoms with Crippen LogP contribution in [0.25, 0.3) is 10.2 Å². The van der Waals surface area contributed by atoms with Crippen molar-refractivity contribution in [3.05, 3.63) is 51.1 Å². The zero-order valence-corrected chi connectivity index (χ0v) is 16.1.